The van der Waals surface area contributed by atoms with Crippen molar-refractivity contribution in [2.75, 3.05) is 14.1 Å². The summed E-state index contributed by atoms with van der Waals surface area (Å²) in [6.07, 6.45) is 6.55. The van der Waals surface area contributed by atoms with Crippen molar-refractivity contribution in [2.45, 2.75) is 86.1 Å². The maximum Gasteiger partial charge on any atom is 0.0152 e. The zero-order valence-electron chi connectivity index (χ0n) is 14.5. The van der Waals surface area contributed by atoms with Gasteiger partial charge in [-0.15, -0.1) is 0 Å². The van der Waals surface area contributed by atoms with E-state index in [0.717, 1.165) is 0 Å². The topological polar surface area (TPSA) is 3.24 Å². The first-order valence-electron chi connectivity index (χ1n) is 7.65. The van der Waals surface area contributed by atoms with Crippen LogP contribution in [0.15, 0.2) is 0 Å². The van der Waals surface area contributed by atoms with Gasteiger partial charge >= 0.3 is 0 Å². The normalized spacial score (nSPS) is 17.0. The van der Waals surface area contributed by atoms with Crippen LogP contribution in [0.1, 0.15) is 80.6 Å². The van der Waals surface area contributed by atoms with Crippen molar-refractivity contribution in [2.24, 2.45) is 10.8 Å². The Bertz CT molecular complexity index is 240. The molecule has 0 aromatic carbocycles. The summed E-state index contributed by atoms with van der Waals surface area (Å²) >= 11 is 0. The molecule has 0 saturated carbocycles. The van der Waals surface area contributed by atoms with E-state index in [1.807, 2.05) is 0 Å². The summed E-state index contributed by atoms with van der Waals surface area (Å²) in [7, 11) is 4.39. The van der Waals surface area contributed by atoms with Crippen LogP contribution in [0.2, 0.25) is 0 Å². The van der Waals surface area contributed by atoms with Crippen molar-refractivity contribution < 1.29 is 0 Å². The Morgan fingerprint density at radius 3 is 1.67 bits per heavy atom. The van der Waals surface area contributed by atoms with Crippen molar-refractivity contribution in [3.8, 4) is 0 Å². The van der Waals surface area contributed by atoms with Gasteiger partial charge in [0.1, 0.15) is 0 Å². The molecule has 1 unspecified atom stereocenters. The Morgan fingerprint density at radius 1 is 0.833 bits per heavy atom. The molecule has 0 aromatic heterocycles. The van der Waals surface area contributed by atoms with Gasteiger partial charge in [0.05, 0.1) is 0 Å². The number of hydrogen-bond acceptors (Lipinski definition) is 1. The lowest BCUT2D eigenvalue weighted by Crippen LogP contribution is -2.43. The van der Waals surface area contributed by atoms with Gasteiger partial charge in [-0.05, 0) is 58.0 Å². The average Bonchev–Trinajstić information content (AvgIpc) is 2.14. The Balaban J connectivity index is 4.73. The molecule has 0 bridgehead atoms. The summed E-state index contributed by atoms with van der Waals surface area (Å²) in [5.74, 6) is 0. The molecule has 1 heteroatoms. The Morgan fingerprint density at radius 2 is 1.33 bits per heavy atom. The van der Waals surface area contributed by atoms with Crippen molar-refractivity contribution in [1.82, 2.24) is 4.90 Å². The molecule has 1 nitrogen and oxygen atoms in total. The van der Waals surface area contributed by atoms with E-state index in [1.54, 1.807) is 0 Å². The highest BCUT2D eigenvalue weighted by Crippen LogP contribution is 2.44. The first-order chi connectivity index (χ1) is 7.98. The summed E-state index contributed by atoms with van der Waals surface area (Å²) in [4.78, 5) is 2.36. The smallest absolute Gasteiger partial charge is 0.0152 e. The molecule has 0 rings (SSSR count). The first-order valence-corrected chi connectivity index (χ1v) is 7.65. The molecular formula is C17H37N. The van der Waals surface area contributed by atoms with Crippen molar-refractivity contribution in [1.29, 1.82) is 0 Å². The van der Waals surface area contributed by atoms with Crippen LogP contribution in [-0.4, -0.2) is 24.5 Å². The van der Waals surface area contributed by atoms with Crippen LogP contribution in [0.3, 0.4) is 0 Å². The highest BCUT2D eigenvalue weighted by molar-refractivity contribution is 4.89. The number of nitrogens with zero attached hydrogens (tertiary/aromatic N) is 1. The van der Waals surface area contributed by atoms with Crippen molar-refractivity contribution in [3.05, 3.63) is 0 Å². The Kier molecular flexibility index (Phi) is 6.40. The number of hydrogen-bond donors (Lipinski definition) is 0. The van der Waals surface area contributed by atoms with Crippen molar-refractivity contribution >= 4 is 0 Å². The minimum atomic E-state index is 0.282. The largest absolute Gasteiger partial charge is 0.304 e. The van der Waals surface area contributed by atoms with Crippen LogP contribution in [0, 0.1) is 10.8 Å². The van der Waals surface area contributed by atoms with E-state index < -0.39 is 0 Å². The molecule has 18 heavy (non-hydrogen) atoms. The second kappa shape index (κ2) is 6.41. The molecule has 0 saturated heterocycles. The summed E-state index contributed by atoms with van der Waals surface area (Å²) in [5.41, 5.74) is 1.21. The van der Waals surface area contributed by atoms with Gasteiger partial charge in [-0.3, -0.25) is 0 Å². The van der Waals surface area contributed by atoms with Gasteiger partial charge in [0, 0.05) is 5.54 Å². The Hall–Kier alpha value is -0.0400. The maximum absolute atomic E-state index is 2.47. The fraction of sp³-hybridized carbons (Fsp3) is 1.00. The van der Waals surface area contributed by atoms with E-state index in [4.69, 9.17) is 0 Å². The fourth-order valence-corrected chi connectivity index (χ4v) is 3.54. The number of rotatable bonds is 8. The van der Waals surface area contributed by atoms with E-state index in [-0.39, 0.29) is 5.54 Å². The molecule has 0 N–H and O–H groups in total. The average molecular weight is 255 g/mol. The molecule has 0 aliphatic carbocycles. The molecule has 0 fully saturated rings. The monoisotopic (exact) mass is 255 g/mol. The minimum Gasteiger partial charge on any atom is -0.304 e. The van der Waals surface area contributed by atoms with Crippen molar-refractivity contribution in [3.63, 3.8) is 0 Å². The van der Waals surface area contributed by atoms with E-state index >= 15 is 0 Å². The first kappa shape index (κ1) is 18.0. The lowest BCUT2D eigenvalue weighted by atomic mass is 9.66. The lowest BCUT2D eigenvalue weighted by molar-refractivity contribution is 0.0762. The SMILES string of the molecule is CCCC(C)(CC)CC(C)(C)CC(C)(C)N(C)C. The Labute approximate surface area is 116 Å². The highest BCUT2D eigenvalue weighted by atomic mass is 15.1. The van der Waals surface area contributed by atoms with Gasteiger partial charge in [-0.25, -0.2) is 0 Å². The highest BCUT2D eigenvalue weighted by Gasteiger charge is 2.35. The molecule has 0 aromatic rings. The second-order valence-electron chi connectivity index (χ2n) is 8.14. The molecule has 0 radical (unpaired) electrons. The van der Waals surface area contributed by atoms with E-state index in [1.165, 1.54) is 32.1 Å². The molecular weight excluding hydrogens is 218 g/mol. The fourth-order valence-electron chi connectivity index (χ4n) is 3.54. The summed E-state index contributed by atoms with van der Waals surface area (Å²) < 4.78 is 0. The zero-order chi connectivity index (χ0) is 14.6. The lowest BCUT2D eigenvalue weighted by Gasteiger charge is -2.44. The van der Waals surface area contributed by atoms with E-state index in [9.17, 15) is 0 Å². The van der Waals surface area contributed by atoms with Gasteiger partial charge in [-0.1, -0.05) is 47.5 Å². The summed E-state index contributed by atoms with van der Waals surface area (Å²) in [5, 5.41) is 0. The molecule has 0 aliphatic heterocycles. The van der Waals surface area contributed by atoms with Gasteiger partial charge in [-0.2, -0.15) is 0 Å². The molecule has 110 valence electrons. The van der Waals surface area contributed by atoms with Gasteiger partial charge in [0.25, 0.3) is 0 Å². The van der Waals surface area contributed by atoms with Gasteiger partial charge in [0.2, 0.25) is 0 Å². The molecule has 0 spiro atoms. The molecule has 0 heterocycles. The predicted octanol–water partition coefficient (Wildman–Crippen LogP) is 5.35. The summed E-state index contributed by atoms with van der Waals surface area (Å²) in [6.45, 7) is 16.7. The standard InChI is InChI=1S/C17H37N/c1-10-12-17(7,11-2)14-15(3,4)13-16(5,6)18(8)9/h10-14H2,1-9H3. The zero-order valence-corrected chi connectivity index (χ0v) is 14.5. The third-order valence-electron chi connectivity index (χ3n) is 4.73. The van der Waals surface area contributed by atoms with Gasteiger partial charge in [0.15, 0.2) is 0 Å². The third-order valence-corrected chi connectivity index (χ3v) is 4.73. The molecule has 0 aliphatic rings. The van der Waals surface area contributed by atoms with Crippen LogP contribution >= 0.6 is 0 Å². The van der Waals surface area contributed by atoms with E-state index in [2.05, 4.69) is 67.5 Å². The van der Waals surface area contributed by atoms with Crippen LogP contribution in [0.4, 0.5) is 0 Å². The third kappa shape index (κ3) is 5.73. The van der Waals surface area contributed by atoms with Crippen LogP contribution in [0.5, 0.6) is 0 Å². The van der Waals surface area contributed by atoms with Crippen LogP contribution < -0.4 is 0 Å². The minimum absolute atomic E-state index is 0.282. The van der Waals surface area contributed by atoms with E-state index in [0.29, 0.717) is 10.8 Å². The van der Waals surface area contributed by atoms with Crippen LogP contribution in [0.25, 0.3) is 0 Å². The summed E-state index contributed by atoms with van der Waals surface area (Å²) in [6, 6.07) is 0. The molecule has 0 amide bonds. The predicted molar refractivity (Wildman–Crippen MR) is 84.1 cm³/mol. The van der Waals surface area contributed by atoms with Crippen LogP contribution in [-0.2, 0) is 0 Å². The van der Waals surface area contributed by atoms with Gasteiger partial charge < -0.3 is 4.90 Å². The quantitative estimate of drug-likeness (QED) is 0.565. The second-order valence-corrected chi connectivity index (χ2v) is 8.14. The maximum atomic E-state index is 2.47. The molecule has 1 atom stereocenters.